The van der Waals surface area contributed by atoms with E-state index in [4.69, 9.17) is 22.9 Å². The van der Waals surface area contributed by atoms with Crippen LogP contribution in [0.1, 0.15) is 145 Å². The fraction of sp³-hybridized carbons (Fsp3) is 0.495. The number of nitrogens with zero attached hydrogens (tertiary/aromatic N) is 6. The van der Waals surface area contributed by atoms with Crippen LogP contribution in [0.15, 0.2) is 122 Å². The van der Waals surface area contributed by atoms with E-state index in [-0.39, 0.29) is 108 Å². The second kappa shape index (κ2) is 52.2. The molecule has 3 aromatic heterocycles. The number of carboxylic acid groups (broad SMARTS) is 1. The number of carbonyl (C=O) groups is 18. The SMILES string of the molecule is CCCC[C@H]1C(=O)N(C)[C@@H](CCCC)C(=O)N[C@@H](CCN)C(=O)N[C@H](C(=O)NCC(N)=O)CSCC(=O)N[C@@H](Cc2ccc(O)cc2)C(=O)N(C)[C@@H](C)C(=O)N[C@@H](CC(N)=O)C(=O)N2CCC[C@H]2C(=O)N[C@@H](Cc2c[nH]cn2)C(=O)N[C@@H](CCC(=O)O)C(=O)N2C[C@H](Cc3ccc(F)cc3)C[C@H]2C(=O)C[C@@H](Cc2c[nH]c3ccccc23)C(=O)N[C@@H](CCN)C(=O)N[C@@H](Cc2c[nH]c3ccccc23)C(=O)N1C. The second-order valence-corrected chi connectivity index (χ2v) is 37.1. The zero-order valence-corrected chi connectivity index (χ0v) is 80.6. The van der Waals surface area contributed by atoms with Crippen molar-refractivity contribution in [1.82, 2.24) is 92.3 Å². The summed E-state index contributed by atoms with van der Waals surface area (Å²) in [5, 5.41) is 45.7. The minimum Gasteiger partial charge on any atom is -0.508 e. The van der Waals surface area contributed by atoms with Crippen LogP contribution in [-0.2, 0) is 118 Å². The first-order valence-electron chi connectivity index (χ1n) is 47.4. The van der Waals surface area contributed by atoms with Crippen molar-refractivity contribution in [2.24, 2.45) is 34.8 Å². The summed E-state index contributed by atoms with van der Waals surface area (Å²) in [6.45, 7) is 3.37. The highest BCUT2D eigenvalue weighted by Gasteiger charge is 2.47. The number of aromatic nitrogens is 4. The molecule has 22 N–H and O–H groups in total. The number of amides is 16. The maximum absolute atomic E-state index is 15.9. The van der Waals surface area contributed by atoms with Gasteiger partial charge >= 0.3 is 5.97 Å². The molecule has 0 unspecified atom stereocenters. The van der Waals surface area contributed by atoms with Gasteiger partial charge in [0.1, 0.15) is 84.1 Å². The second-order valence-electron chi connectivity index (χ2n) is 36.1. The molecule has 42 nitrogen and oxygen atoms in total. The number of halogens is 1. The van der Waals surface area contributed by atoms with Gasteiger partial charge in [-0.25, -0.2) is 9.37 Å². The molecule has 0 aliphatic carbocycles. The number of rotatable bonds is 28. The Bertz CT molecular complexity index is 5610. The zero-order valence-electron chi connectivity index (χ0n) is 79.8. The summed E-state index contributed by atoms with van der Waals surface area (Å²) in [6.07, 6.45) is 3.28. The highest BCUT2D eigenvalue weighted by molar-refractivity contribution is 8.00. The number of para-hydroxylation sites is 2. The van der Waals surface area contributed by atoms with Crippen molar-refractivity contribution >= 4 is 140 Å². The van der Waals surface area contributed by atoms with Gasteiger partial charge in [-0.2, -0.15) is 0 Å². The summed E-state index contributed by atoms with van der Waals surface area (Å²) >= 11 is 0.764. The number of ketones is 1. The standard InChI is InChI=1S/C97H129FN22O20S/c1-7-9-20-76-91(134)110-69(34-36-100)89(132)115-75(87(130)106-49-82(102)124)51-141-52-83(125)108-72(39-56-25-29-63(121)30-26-56)93(136)116(4)54(3)85(128)113-74(45-81(101)123)96(139)119-37-15-22-77(119)92(135)112-71(44-62-48-103-53-107-62)90(133)111-70(31-32-84(126)127)95(138)120-50-57(38-55-23-27-61(98)28-24-55)40-79(120)80(122)43-58(41-59-46-104-66-18-13-11-16-64(59)66)86(129)109-68(33-35-99)88(131)114-73(42-60-47-105-67-19-14-12-17-65(60)67)94(137)118(6)78(21-10-8-2)97(140)117(76)5/h11-14,16-19,23-30,46-48,53-54,57-58,68-79,104-105,121H,7-10,15,20-22,31-45,49-52,99-100H2,1-6H3,(H2,101,123)(H2,102,124)(H,103,107)(H,106,130)(H,108,125)(H,109,129)(H,110,134)(H,111,133)(H,112,135)(H,113,128)(H,114,131)(H,115,132)(H,126,127)/t54-,57+,58+,68-,69-,70-,71-,72-,73-,74-,75-,76-,77-,78-,79-/m0/s1. The maximum Gasteiger partial charge on any atom is 0.303 e. The lowest BCUT2D eigenvalue weighted by molar-refractivity contribution is -0.149. The number of hydrogen-bond acceptors (Lipinski definition) is 23. The van der Waals surface area contributed by atoms with E-state index in [2.05, 4.69) is 67.8 Å². The lowest BCUT2D eigenvalue weighted by Gasteiger charge is -2.36. The highest BCUT2D eigenvalue weighted by Crippen LogP contribution is 2.33. The Balaban J connectivity index is 1.04. The predicted molar refractivity (Wildman–Crippen MR) is 517 cm³/mol. The summed E-state index contributed by atoms with van der Waals surface area (Å²) in [4.78, 5) is 285. The molecule has 760 valence electrons. The molecule has 10 rings (SSSR count). The van der Waals surface area contributed by atoms with Crippen LogP contribution in [0.5, 0.6) is 5.75 Å². The summed E-state index contributed by atoms with van der Waals surface area (Å²) in [6, 6.07) is 5.11. The molecular formula is C97H129FN22O20S. The number of imidazole rings is 1. The molecule has 3 aliphatic heterocycles. The zero-order chi connectivity index (χ0) is 102. The lowest BCUT2D eigenvalue weighted by atomic mass is 9.88. The number of benzene rings is 4. The lowest BCUT2D eigenvalue weighted by Crippen LogP contribution is -2.60. The number of unbranched alkanes of at least 4 members (excludes halogenated alkanes) is 2. The average molecular weight is 1970 g/mol. The van der Waals surface area contributed by atoms with E-state index in [9.17, 15) is 53.0 Å². The Labute approximate surface area is 818 Å². The number of aromatic amines is 3. The highest BCUT2D eigenvalue weighted by atomic mass is 32.2. The molecule has 0 spiro atoms. The topological polar surface area (TPSA) is 637 Å². The van der Waals surface area contributed by atoms with E-state index in [0.29, 0.717) is 69.7 Å². The van der Waals surface area contributed by atoms with E-state index in [0.717, 1.165) is 21.6 Å². The number of fused-ring (bicyclic) bond motifs is 4. The number of phenolic OH excluding ortho intramolecular Hbond substituents is 1. The maximum atomic E-state index is 15.9. The number of Topliss-reactive ketones (excluding diaryl/α,β-unsaturated/α-hetero) is 1. The fourth-order valence-electron chi connectivity index (χ4n) is 18.0. The van der Waals surface area contributed by atoms with Crippen molar-refractivity contribution in [3.63, 3.8) is 0 Å². The van der Waals surface area contributed by atoms with Crippen LogP contribution in [0.4, 0.5) is 4.39 Å². The number of aliphatic carboxylic acids is 1. The summed E-state index contributed by atoms with van der Waals surface area (Å²) in [5.74, 6) is -20.8. The van der Waals surface area contributed by atoms with Crippen LogP contribution in [0.2, 0.25) is 0 Å². The van der Waals surface area contributed by atoms with E-state index in [1.807, 2.05) is 13.8 Å². The predicted octanol–water partition coefficient (Wildman–Crippen LogP) is 0.0596. The quantitative estimate of drug-likeness (QED) is 0.0308. The molecule has 6 heterocycles. The van der Waals surface area contributed by atoms with Crippen LogP contribution < -0.4 is 70.8 Å². The number of nitrogens with two attached hydrogens (primary N) is 4. The first-order chi connectivity index (χ1) is 67.4. The van der Waals surface area contributed by atoms with Gasteiger partial charge in [0.05, 0.1) is 36.8 Å². The van der Waals surface area contributed by atoms with E-state index >= 15 is 47.9 Å². The number of likely N-dealkylation sites (N-methyl/N-ethyl adjacent to an activating group) is 3. The molecule has 0 saturated carbocycles. The molecule has 3 fully saturated rings. The molecule has 7 aromatic rings. The first kappa shape index (κ1) is 109. The smallest absolute Gasteiger partial charge is 0.303 e. The number of phenols is 1. The number of primary amides is 2. The van der Waals surface area contributed by atoms with Crippen molar-refractivity contribution in [3.8, 4) is 5.75 Å². The van der Waals surface area contributed by atoms with E-state index in [1.165, 1.54) is 104 Å². The third-order valence-corrected chi connectivity index (χ3v) is 26.9. The first-order valence-corrected chi connectivity index (χ1v) is 48.5. The average Bonchev–Trinajstić information content (AvgIpc) is 1.68. The Kier molecular flexibility index (Phi) is 40.3. The normalized spacial score (nSPS) is 24.2. The van der Waals surface area contributed by atoms with Gasteiger partial charge in [0.2, 0.25) is 94.5 Å². The van der Waals surface area contributed by atoms with Crippen LogP contribution in [0.3, 0.4) is 0 Å². The number of thioether (sulfide) groups is 1. The van der Waals surface area contributed by atoms with Crippen molar-refractivity contribution < 1.29 is 101 Å². The van der Waals surface area contributed by atoms with Crippen molar-refractivity contribution in [1.29, 1.82) is 0 Å². The molecule has 0 radical (unpaired) electrons. The number of aromatic hydroxyl groups is 1. The molecule has 4 aromatic carbocycles. The summed E-state index contributed by atoms with van der Waals surface area (Å²) in [5.41, 5.74) is 27.2. The molecular weight excluding hydrogens is 1840 g/mol. The van der Waals surface area contributed by atoms with Crippen LogP contribution in [-0.4, -0.2) is 305 Å². The minimum atomic E-state index is -1.82. The number of H-pyrrole nitrogens is 3. The molecule has 15 atom stereocenters. The number of carbonyl (C=O) groups excluding carboxylic acids is 17. The molecule has 141 heavy (non-hydrogen) atoms. The van der Waals surface area contributed by atoms with Crippen LogP contribution in [0.25, 0.3) is 21.8 Å². The van der Waals surface area contributed by atoms with Gasteiger partial charge < -0.3 is 120 Å². The minimum absolute atomic E-state index is 0.000738. The van der Waals surface area contributed by atoms with Crippen molar-refractivity contribution in [3.05, 3.63) is 156 Å². The monoisotopic (exact) mass is 1970 g/mol. The molecule has 0 bridgehead atoms. The Morgan fingerprint density at radius 1 is 0.532 bits per heavy atom. The number of nitrogens with one attached hydrogen (secondary N) is 12. The largest absolute Gasteiger partial charge is 0.508 e. The molecule has 3 aliphatic rings. The van der Waals surface area contributed by atoms with Gasteiger partial charge in [-0.1, -0.05) is 100 Å². The van der Waals surface area contributed by atoms with Gasteiger partial charge in [0, 0.05) is 118 Å². The Morgan fingerprint density at radius 2 is 1.08 bits per heavy atom. The molecule has 44 heteroatoms. The van der Waals surface area contributed by atoms with E-state index in [1.54, 1.807) is 60.9 Å². The third-order valence-electron chi connectivity index (χ3n) is 25.8. The summed E-state index contributed by atoms with van der Waals surface area (Å²) in [7, 11) is 3.94. The summed E-state index contributed by atoms with van der Waals surface area (Å²) < 4.78 is 14.6. The van der Waals surface area contributed by atoms with Gasteiger partial charge in [-0.15, -0.1) is 11.8 Å². The Morgan fingerprint density at radius 3 is 1.69 bits per heavy atom. The van der Waals surface area contributed by atoms with Crippen LogP contribution in [0, 0.1) is 17.7 Å². The van der Waals surface area contributed by atoms with Gasteiger partial charge in [-0.05, 0) is 149 Å². The van der Waals surface area contributed by atoms with Gasteiger partial charge in [0.25, 0.3) is 0 Å². The fourth-order valence-corrected chi connectivity index (χ4v) is 18.8. The third kappa shape index (κ3) is 30.2. The molecule has 16 amide bonds. The number of carboxylic acids is 1. The van der Waals surface area contributed by atoms with Crippen molar-refractivity contribution in [2.75, 3.05) is 65.4 Å². The van der Waals surface area contributed by atoms with Gasteiger partial charge in [-0.3, -0.25) is 86.3 Å². The Hall–Kier alpha value is -14.2. The van der Waals surface area contributed by atoms with Crippen LogP contribution >= 0.6 is 11.8 Å². The molecule has 3 saturated heterocycles. The van der Waals surface area contributed by atoms with E-state index < -0.39 is 253 Å². The number of hydrogen-bond donors (Lipinski definition) is 18. The van der Waals surface area contributed by atoms with Crippen molar-refractivity contribution in [2.45, 2.75) is 228 Å². The van der Waals surface area contributed by atoms with Gasteiger partial charge in [0.15, 0.2) is 5.78 Å².